The molecule has 3 aromatic rings. The minimum absolute atomic E-state index is 0.0675. The Balaban J connectivity index is 1.63. The summed E-state index contributed by atoms with van der Waals surface area (Å²) >= 11 is 0. The molecule has 29 heavy (non-hydrogen) atoms. The van der Waals surface area contributed by atoms with Gasteiger partial charge in [0.25, 0.3) is 0 Å². The molecule has 3 aromatic carbocycles. The second kappa shape index (κ2) is 5.44. The summed E-state index contributed by atoms with van der Waals surface area (Å²) in [4.78, 5) is 29.1. The Morgan fingerprint density at radius 2 is 1.38 bits per heavy atom. The van der Waals surface area contributed by atoms with Crippen molar-refractivity contribution in [2.24, 2.45) is 11.3 Å². The van der Waals surface area contributed by atoms with E-state index in [0.717, 1.165) is 5.56 Å². The first-order valence-electron chi connectivity index (χ1n) is 10.2. The maximum absolute atomic E-state index is 13.9. The summed E-state index contributed by atoms with van der Waals surface area (Å²) in [6, 6.07) is 24.4. The van der Waals surface area contributed by atoms with E-state index in [1.54, 1.807) is 0 Å². The molecular weight excluding hydrogens is 358 g/mol. The molecule has 2 bridgehead atoms. The summed E-state index contributed by atoms with van der Waals surface area (Å²) in [6.45, 7) is 4.00. The molecule has 4 aliphatic rings. The quantitative estimate of drug-likeness (QED) is 0.571. The van der Waals surface area contributed by atoms with Gasteiger partial charge in [-0.15, -0.1) is 0 Å². The lowest BCUT2D eigenvalue weighted by atomic mass is 9.48. The summed E-state index contributed by atoms with van der Waals surface area (Å²) in [5, 5.41) is 0. The predicted molar refractivity (Wildman–Crippen MR) is 112 cm³/mol. The van der Waals surface area contributed by atoms with Crippen LogP contribution < -0.4 is 4.90 Å². The number of carbonyl (C=O) groups excluding carboxylic acids is 2. The summed E-state index contributed by atoms with van der Waals surface area (Å²) in [6.07, 6.45) is 0. The van der Waals surface area contributed by atoms with E-state index in [0.29, 0.717) is 5.69 Å². The van der Waals surface area contributed by atoms with Crippen LogP contribution in [0.3, 0.4) is 0 Å². The second-order valence-corrected chi connectivity index (χ2v) is 8.75. The zero-order valence-corrected chi connectivity index (χ0v) is 16.4. The van der Waals surface area contributed by atoms with Crippen LogP contribution in [0.2, 0.25) is 0 Å². The van der Waals surface area contributed by atoms with Gasteiger partial charge in [-0.25, -0.2) is 4.90 Å². The summed E-state index contributed by atoms with van der Waals surface area (Å²) in [5.41, 5.74) is 5.75. The molecule has 0 saturated carbocycles. The number of benzene rings is 3. The zero-order chi connectivity index (χ0) is 19.9. The number of nitrogens with zero attached hydrogens (tertiary/aromatic N) is 1. The third kappa shape index (κ3) is 1.88. The van der Waals surface area contributed by atoms with Crippen molar-refractivity contribution in [1.29, 1.82) is 0 Å². The zero-order valence-electron chi connectivity index (χ0n) is 16.4. The average molecular weight is 379 g/mol. The fraction of sp³-hybridized carbons (Fsp3) is 0.231. The molecule has 0 radical (unpaired) electrons. The molecular formula is C26H21NO2. The van der Waals surface area contributed by atoms with Crippen LogP contribution in [0.5, 0.6) is 0 Å². The van der Waals surface area contributed by atoms with E-state index < -0.39 is 5.41 Å². The van der Waals surface area contributed by atoms with Gasteiger partial charge in [0.15, 0.2) is 0 Å². The number of imide groups is 1. The van der Waals surface area contributed by atoms with Crippen molar-refractivity contribution < 1.29 is 9.59 Å². The number of rotatable bonds is 1. The Hall–Kier alpha value is -3.20. The van der Waals surface area contributed by atoms with Crippen molar-refractivity contribution >= 4 is 17.5 Å². The molecule has 0 unspecified atom stereocenters. The van der Waals surface area contributed by atoms with Crippen molar-refractivity contribution in [1.82, 2.24) is 0 Å². The molecule has 7 rings (SSSR count). The number of aryl methyl sites for hydroxylation is 1. The van der Waals surface area contributed by atoms with Crippen LogP contribution in [0.15, 0.2) is 72.8 Å². The number of hydrogen-bond donors (Lipinski definition) is 0. The standard InChI is InChI=1S/C26H21NO2/c1-15-8-7-9-16(14-15)27-24(28)23-21-17-10-3-5-12-19(17)22(26(23,2)25(27)29)20-13-6-4-11-18(20)21/h3-14,21-23H,1-2H3/t21?,22?,23-,26-/m1/s1. The molecule has 1 fully saturated rings. The van der Waals surface area contributed by atoms with E-state index in [4.69, 9.17) is 0 Å². The van der Waals surface area contributed by atoms with Crippen molar-refractivity contribution in [3.8, 4) is 0 Å². The summed E-state index contributed by atoms with van der Waals surface area (Å²) in [7, 11) is 0. The van der Waals surface area contributed by atoms with Gasteiger partial charge in [0.2, 0.25) is 11.8 Å². The van der Waals surface area contributed by atoms with Gasteiger partial charge in [-0.2, -0.15) is 0 Å². The molecule has 0 spiro atoms. The third-order valence-corrected chi connectivity index (χ3v) is 7.27. The third-order valence-electron chi connectivity index (χ3n) is 7.27. The minimum Gasteiger partial charge on any atom is -0.274 e. The maximum atomic E-state index is 13.9. The highest BCUT2D eigenvalue weighted by Gasteiger charge is 2.68. The molecule has 2 atom stereocenters. The molecule has 0 aromatic heterocycles. The largest absolute Gasteiger partial charge is 0.274 e. The van der Waals surface area contributed by atoms with Gasteiger partial charge < -0.3 is 0 Å². The van der Waals surface area contributed by atoms with Crippen LogP contribution in [0.4, 0.5) is 5.69 Å². The lowest BCUT2D eigenvalue weighted by molar-refractivity contribution is -0.128. The molecule has 3 nitrogen and oxygen atoms in total. The Morgan fingerprint density at radius 1 is 0.793 bits per heavy atom. The number of amides is 2. The Morgan fingerprint density at radius 3 is 1.97 bits per heavy atom. The normalized spacial score (nSPS) is 28.9. The van der Waals surface area contributed by atoms with Gasteiger partial charge in [0.1, 0.15) is 0 Å². The van der Waals surface area contributed by atoms with Crippen LogP contribution in [0.25, 0.3) is 0 Å². The molecule has 1 heterocycles. The summed E-state index contributed by atoms with van der Waals surface area (Å²) < 4.78 is 0. The first-order chi connectivity index (χ1) is 14.0. The SMILES string of the molecule is Cc1cccc(N2C(=O)[C@H]3C4c5ccccc5C(c5ccccc54)[C@@]3(C)C2=O)c1. The van der Waals surface area contributed by atoms with Crippen LogP contribution >= 0.6 is 0 Å². The first-order valence-corrected chi connectivity index (χ1v) is 10.2. The van der Waals surface area contributed by atoms with Gasteiger partial charge >= 0.3 is 0 Å². The molecule has 0 N–H and O–H groups in total. The van der Waals surface area contributed by atoms with Gasteiger partial charge in [-0.3, -0.25) is 9.59 Å². The molecule has 1 aliphatic heterocycles. The van der Waals surface area contributed by atoms with Crippen LogP contribution in [-0.4, -0.2) is 11.8 Å². The second-order valence-electron chi connectivity index (χ2n) is 8.75. The van der Waals surface area contributed by atoms with Gasteiger partial charge in [-0.1, -0.05) is 60.7 Å². The van der Waals surface area contributed by atoms with E-state index in [-0.39, 0.29) is 29.6 Å². The van der Waals surface area contributed by atoms with E-state index in [1.807, 2.05) is 62.4 Å². The van der Waals surface area contributed by atoms with Crippen molar-refractivity contribution in [2.75, 3.05) is 4.90 Å². The molecule has 1 saturated heterocycles. The number of hydrogen-bond acceptors (Lipinski definition) is 2. The smallest absolute Gasteiger partial charge is 0.241 e. The average Bonchev–Trinajstić information content (AvgIpc) is 2.94. The van der Waals surface area contributed by atoms with Crippen molar-refractivity contribution in [3.05, 3.63) is 101 Å². The fourth-order valence-corrected chi connectivity index (χ4v) is 6.13. The van der Waals surface area contributed by atoms with Gasteiger partial charge in [-0.05, 0) is 53.8 Å². The van der Waals surface area contributed by atoms with Gasteiger partial charge in [0, 0.05) is 11.8 Å². The van der Waals surface area contributed by atoms with E-state index in [2.05, 4.69) is 24.3 Å². The molecule has 142 valence electrons. The Bertz CT molecular complexity index is 1170. The summed E-state index contributed by atoms with van der Waals surface area (Å²) in [5.74, 6) is -0.690. The van der Waals surface area contributed by atoms with Crippen LogP contribution in [-0.2, 0) is 9.59 Å². The minimum atomic E-state index is -0.770. The Kier molecular flexibility index (Phi) is 3.14. The lowest BCUT2D eigenvalue weighted by Gasteiger charge is -2.51. The number of anilines is 1. The predicted octanol–water partition coefficient (Wildman–Crippen LogP) is 4.78. The highest BCUT2D eigenvalue weighted by atomic mass is 16.2. The lowest BCUT2D eigenvalue weighted by Crippen LogP contribution is -2.49. The highest BCUT2D eigenvalue weighted by Crippen LogP contribution is 2.67. The van der Waals surface area contributed by atoms with Crippen molar-refractivity contribution in [2.45, 2.75) is 25.7 Å². The highest BCUT2D eigenvalue weighted by molar-refractivity contribution is 6.25. The van der Waals surface area contributed by atoms with E-state index >= 15 is 0 Å². The Labute approximate surface area is 170 Å². The molecule has 3 heteroatoms. The van der Waals surface area contributed by atoms with Gasteiger partial charge in [0.05, 0.1) is 17.0 Å². The fourth-order valence-electron chi connectivity index (χ4n) is 6.13. The monoisotopic (exact) mass is 379 g/mol. The first kappa shape index (κ1) is 16.7. The van der Waals surface area contributed by atoms with Crippen LogP contribution in [0.1, 0.15) is 46.6 Å². The number of carbonyl (C=O) groups is 2. The molecule has 2 amide bonds. The van der Waals surface area contributed by atoms with E-state index in [9.17, 15) is 9.59 Å². The van der Waals surface area contributed by atoms with E-state index in [1.165, 1.54) is 27.2 Å². The maximum Gasteiger partial charge on any atom is 0.241 e. The topological polar surface area (TPSA) is 37.4 Å². The van der Waals surface area contributed by atoms with Crippen molar-refractivity contribution in [3.63, 3.8) is 0 Å². The van der Waals surface area contributed by atoms with Crippen LogP contribution in [0, 0.1) is 18.3 Å². The molecule has 3 aliphatic carbocycles.